The molecule has 160 valence electrons. The summed E-state index contributed by atoms with van der Waals surface area (Å²) in [5.41, 5.74) is 3.46. The van der Waals surface area contributed by atoms with E-state index in [0.29, 0.717) is 5.69 Å². The zero-order valence-corrected chi connectivity index (χ0v) is 18.0. The van der Waals surface area contributed by atoms with Crippen molar-refractivity contribution < 1.29 is 14.0 Å². The van der Waals surface area contributed by atoms with Crippen LogP contribution >= 0.6 is 0 Å². The molecule has 5 nitrogen and oxygen atoms in total. The Morgan fingerprint density at radius 1 is 0.968 bits per heavy atom. The molecule has 31 heavy (non-hydrogen) atoms. The monoisotopic (exact) mass is 416 g/mol. The number of rotatable bonds is 6. The first-order chi connectivity index (χ1) is 15.0. The quantitative estimate of drug-likeness (QED) is 0.590. The molecular formula is C26H28N2O3. The second kappa shape index (κ2) is 9.21. The summed E-state index contributed by atoms with van der Waals surface area (Å²) >= 11 is 0. The molecule has 3 aromatic rings. The fourth-order valence-electron chi connectivity index (χ4n) is 4.24. The van der Waals surface area contributed by atoms with Crippen LogP contribution in [-0.2, 0) is 4.79 Å². The van der Waals surface area contributed by atoms with Gasteiger partial charge in [-0.3, -0.25) is 14.5 Å². The first-order valence-electron chi connectivity index (χ1n) is 10.8. The summed E-state index contributed by atoms with van der Waals surface area (Å²) in [4.78, 5) is 28.9. The van der Waals surface area contributed by atoms with Crippen molar-refractivity contribution in [2.24, 2.45) is 0 Å². The van der Waals surface area contributed by atoms with Crippen LogP contribution in [0.5, 0.6) is 0 Å². The number of furan rings is 1. The average molecular weight is 417 g/mol. The molecule has 0 spiro atoms. The van der Waals surface area contributed by atoms with Crippen LogP contribution in [0.4, 0.5) is 5.69 Å². The molecule has 1 aliphatic rings. The maximum Gasteiger partial charge on any atom is 0.294 e. The van der Waals surface area contributed by atoms with Gasteiger partial charge in [0.05, 0.1) is 6.26 Å². The van der Waals surface area contributed by atoms with E-state index in [-0.39, 0.29) is 23.6 Å². The van der Waals surface area contributed by atoms with E-state index in [1.165, 1.54) is 6.26 Å². The maximum atomic E-state index is 13.6. The van der Waals surface area contributed by atoms with E-state index in [0.717, 1.165) is 42.4 Å². The topological polar surface area (TPSA) is 62.6 Å². The first kappa shape index (κ1) is 20.9. The molecule has 0 unspecified atom stereocenters. The summed E-state index contributed by atoms with van der Waals surface area (Å²) in [6, 6.07) is 18.1. The molecule has 1 atom stereocenters. The number of benzene rings is 2. The van der Waals surface area contributed by atoms with E-state index in [4.69, 9.17) is 4.42 Å². The molecule has 4 rings (SSSR count). The van der Waals surface area contributed by atoms with Gasteiger partial charge in [-0.15, -0.1) is 0 Å². The van der Waals surface area contributed by atoms with Crippen molar-refractivity contribution in [3.63, 3.8) is 0 Å². The van der Waals surface area contributed by atoms with Gasteiger partial charge in [-0.1, -0.05) is 60.9 Å². The van der Waals surface area contributed by atoms with Crippen LogP contribution in [-0.4, -0.2) is 17.9 Å². The Labute approximate surface area is 183 Å². The summed E-state index contributed by atoms with van der Waals surface area (Å²) < 4.78 is 5.43. The highest BCUT2D eigenvalue weighted by atomic mass is 16.3. The molecule has 0 saturated heterocycles. The highest BCUT2D eigenvalue weighted by Gasteiger charge is 2.36. The number of hydrogen-bond acceptors (Lipinski definition) is 3. The SMILES string of the molecule is Cc1ccc([C@@H](C(=O)NC2CCCC2)N(C(=O)c2ccco2)c2ccccc2C)cc1. The Morgan fingerprint density at radius 3 is 2.32 bits per heavy atom. The van der Waals surface area contributed by atoms with Gasteiger partial charge in [0.2, 0.25) is 5.91 Å². The molecule has 2 aromatic carbocycles. The Hall–Kier alpha value is -3.34. The molecule has 0 radical (unpaired) electrons. The number of nitrogens with zero attached hydrogens (tertiary/aromatic N) is 1. The van der Waals surface area contributed by atoms with Crippen LogP contribution in [0.1, 0.15) is 59.0 Å². The van der Waals surface area contributed by atoms with Crippen LogP contribution in [0.2, 0.25) is 0 Å². The van der Waals surface area contributed by atoms with Crippen molar-refractivity contribution in [3.8, 4) is 0 Å². The molecule has 1 N–H and O–H groups in total. The molecule has 5 heteroatoms. The Morgan fingerprint density at radius 2 is 1.68 bits per heavy atom. The summed E-state index contributed by atoms with van der Waals surface area (Å²) in [6.45, 7) is 3.95. The third-order valence-corrected chi connectivity index (χ3v) is 5.93. The summed E-state index contributed by atoms with van der Waals surface area (Å²) in [5, 5.41) is 3.20. The number of anilines is 1. The third-order valence-electron chi connectivity index (χ3n) is 5.93. The smallest absolute Gasteiger partial charge is 0.294 e. The van der Waals surface area contributed by atoms with Gasteiger partial charge in [0.25, 0.3) is 5.91 Å². The summed E-state index contributed by atoms with van der Waals surface area (Å²) in [7, 11) is 0. The van der Waals surface area contributed by atoms with Gasteiger partial charge in [-0.05, 0) is 56.0 Å². The van der Waals surface area contributed by atoms with Crippen molar-refractivity contribution in [3.05, 3.63) is 89.4 Å². The van der Waals surface area contributed by atoms with Crippen molar-refractivity contribution in [1.82, 2.24) is 5.32 Å². The molecule has 1 aliphatic carbocycles. The van der Waals surface area contributed by atoms with E-state index in [2.05, 4.69) is 5.32 Å². The number of carbonyl (C=O) groups is 2. The lowest BCUT2D eigenvalue weighted by atomic mass is 10.00. The Kier molecular flexibility index (Phi) is 6.21. The van der Waals surface area contributed by atoms with E-state index in [1.54, 1.807) is 17.0 Å². The van der Waals surface area contributed by atoms with E-state index in [1.807, 2.05) is 62.4 Å². The van der Waals surface area contributed by atoms with Crippen LogP contribution in [0.25, 0.3) is 0 Å². The lowest BCUT2D eigenvalue weighted by Gasteiger charge is -2.32. The fourth-order valence-corrected chi connectivity index (χ4v) is 4.24. The van der Waals surface area contributed by atoms with E-state index in [9.17, 15) is 9.59 Å². The normalized spacial score (nSPS) is 14.9. The average Bonchev–Trinajstić information content (AvgIpc) is 3.47. The number of aryl methyl sites for hydroxylation is 2. The predicted octanol–water partition coefficient (Wildman–Crippen LogP) is 5.34. The Bertz CT molecular complexity index is 1030. The third kappa shape index (κ3) is 4.55. The molecule has 1 saturated carbocycles. The van der Waals surface area contributed by atoms with Gasteiger partial charge in [-0.25, -0.2) is 0 Å². The second-order valence-corrected chi connectivity index (χ2v) is 8.24. The van der Waals surface area contributed by atoms with Crippen LogP contribution in [0.3, 0.4) is 0 Å². The minimum absolute atomic E-state index is 0.151. The summed E-state index contributed by atoms with van der Waals surface area (Å²) in [6.07, 6.45) is 5.66. The minimum Gasteiger partial charge on any atom is -0.459 e. The lowest BCUT2D eigenvalue weighted by molar-refractivity contribution is -0.123. The van der Waals surface area contributed by atoms with Crippen LogP contribution in [0, 0.1) is 13.8 Å². The van der Waals surface area contributed by atoms with Gasteiger partial charge in [-0.2, -0.15) is 0 Å². The van der Waals surface area contributed by atoms with Gasteiger partial charge in [0.1, 0.15) is 6.04 Å². The van der Waals surface area contributed by atoms with E-state index >= 15 is 0 Å². The molecule has 0 bridgehead atoms. The van der Waals surface area contributed by atoms with Crippen molar-refractivity contribution in [2.75, 3.05) is 4.90 Å². The van der Waals surface area contributed by atoms with Crippen molar-refractivity contribution >= 4 is 17.5 Å². The minimum atomic E-state index is -0.806. The van der Waals surface area contributed by atoms with Gasteiger partial charge in [0.15, 0.2) is 5.76 Å². The summed E-state index contributed by atoms with van der Waals surface area (Å²) in [5.74, 6) is -0.306. The lowest BCUT2D eigenvalue weighted by Crippen LogP contribution is -2.46. The number of nitrogens with one attached hydrogen (secondary N) is 1. The number of hydrogen-bond donors (Lipinski definition) is 1. The zero-order chi connectivity index (χ0) is 21.8. The molecule has 1 heterocycles. The standard InChI is InChI=1S/C26H28N2O3/c1-18-13-15-20(16-14-18)24(25(29)27-21-9-4-5-10-21)28(22-11-6-3-8-19(22)2)26(30)23-12-7-17-31-23/h3,6-8,11-17,21,24H,4-5,9-10H2,1-2H3,(H,27,29)/t24-/m0/s1. The van der Waals surface area contributed by atoms with Gasteiger partial charge in [0, 0.05) is 11.7 Å². The van der Waals surface area contributed by atoms with Crippen LogP contribution < -0.4 is 10.2 Å². The van der Waals surface area contributed by atoms with Crippen molar-refractivity contribution in [1.29, 1.82) is 0 Å². The Balaban J connectivity index is 1.82. The first-order valence-corrected chi connectivity index (χ1v) is 10.8. The number of para-hydroxylation sites is 1. The van der Waals surface area contributed by atoms with Crippen LogP contribution in [0.15, 0.2) is 71.3 Å². The maximum absolute atomic E-state index is 13.6. The second-order valence-electron chi connectivity index (χ2n) is 8.24. The molecular weight excluding hydrogens is 388 g/mol. The van der Waals surface area contributed by atoms with Gasteiger partial charge >= 0.3 is 0 Å². The van der Waals surface area contributed by atoms with E-state index < -0.39 is 6.04 Å². The number of amides is 2. The largest absolute Gasteiger partial charge is 0.459 e. The molecule has 2 amide bonds. The molecule has 1 aromatic heterocycles. The molecule has 0 aliphatic heterocycles. The predicted molar refractivity (Wildman–Crippen MR) is 121 cm³/mol. The van der Waals surface area contributed by atoms with Gasteiger partial charge < -0.3 is 9.73 Å². The molecule has 1 fully saturated rings. The fraction of sp³-hybridized carbons (Fsp3) is 0.308. The van der Waals surface area contributed by atoms with Crippen molar-refractivity contribution in [2.45, 2.75) is 51.6 Å². The number of carbonyl (C=O) groups excluding carboxylic acids is 2. The zero-order valence-electron chi connectivity index (χ0n) is 18.0. The highest BCUT2D eigenvalue weighted by molar-refractivity contribution is 6.09. The highest BCUT2D eigenvalue weighted by Crippen LogP contribution is 2.33.